The molecule has 1 aromatic rings. The summed E-state index contributed by atoms with van der Waals surface area (Å²) in [5.41, 5.74) is 2.93. The summed E-state index contributed by atoms with van der Waals surface area (Å²) in [5, 5.41) is 0. The maximum atomic E-state index is 13.1. The molecule has 2 aliphatic carbocycles. The zero-order valence-electron chi connectivity index (χ0n) is 20.4. The first-order chi connectivity index (χ1) is 15.9. The first-order valence-electron chi connectivity index (χ1n) is 12.7. The van der Waals surface area contributed by atoms with E-state index in [9.17, 15) is 4.79 Å². The molecule has 3 unspecified atom stereocenters. The third-order valence-electron chi connectivity index (χ3n) is 9.82. The summed E-state index contributed by atoms with van der Waals surface area (Å²) in [7, 11) is 3.37. The van der Waals surface area contributed by atoms with Crippen LogP contribution in [0.25, 0.3) is 0 Å². The van der Waals surface area contributed by atoms with Crippen LogP contribution in [-0.2, 0) is 20.7 Å². The Labute approximate surface area is 196 Å². The number of methoxy groups -OCH3 is 2. The number of fused-ring (bicyclic) bond motifs is 4. The zero-order chi connectivity index (χ0) is 23.0. The van der Waals surface area contributed by atoms with Crippen molar-refractivity contribution >= 4 is 5.97 Å². The monoisotopic (exact) mass is 455 g/mol. The number of carbonyl (C=O) groups is 1. The summed E-state index contributed by atoms with van der Waals surface area (Å²) in [6, 6.07) is 4.45. The van der Waals surface area contributed by atoms with Crippen LogP contribution in [0.1, 0.15) is 63.1 Å². The zero-order valence-corrected chi connectivity index (χ0v) is 20.4. The summed E-state index contributed by atoms with van der Waals surface area (Å²) >= 11 is 0. The van der Waals surface area contributed by atoms with Crippen LogP contribution in [0.15, 0.2) is 12.1 Å². The van der Waals surface area contributed by atoms with Crippen molar-refractivity contribution < 1.29 is 23.7 Å². The van der Waals surface area contributed by atoms with E-state index in [0.717, 1.165) is 50.5 Å². The maximum Gasteiger partial charge on any atom is 0.310 e. The van der Waals surface area contributed by atoms with Gasteiger partial charge in [-0.3, -0.25) is 9.69 Å². The Morgan fingerprint density at radius 1 is 1.18 bits per heavy atom. The van der Waals surface area contributed by atoms with E-state index in [0.29, 0.717) is 11.8 Å². The first-order valence-corrected chi connectivity index (χ1v) is 12.7. The van der Waals surface area contributed by atoms with Gasteiger partial charge in [-0.25, -0.2) is 0 Å². The molecule has 3 aliphatic heterocycles. The molecule has 5 aliphatic rings. The van der Waals surface area contributed by atoms with Gasteiger partial charge in [-0.05, 0) is 80.0 Å². The molecular formula is C27H37NO5. The number of carbonyl (C=O) groups excluding carboxylic acids is 1. The van der Waals surface area contributed by atoms with E-state index in [1.165, 1.54) is 30.4 Å². The van der Waals surface area contributed by atoms with E-state index in [1.807, 2.05) is 0 Å². The molecule has 6 nitrogen and oxygen atoms in total. The van der Waals surface area contributed by atoms with E-state index in [-0.39, 0.29) is 35.0 Å². The number of rotatable bonds is 4. The van der Waals surface area contributed by atoms with Crippen LogP contribution in [0, 0.1) is 23.2 Å². The summed E-state index contributed by atoms with van der Waals surface area (Å²) in [6.45, 7) is 7.29. The highest BCUT2D eigenvalue weighted by atomic mass is 16.6. The number of hydrogen-bond donors (Lipinski definition) is 0. The molecule has 0 amide bonds. The van der Waals surface area contributed by atoms with Gasteiger partial charge in [0.25, 0.3) is 0 Å². The summed E-state index contributed by atoms with van der Waals surface area (Å²) in [6.07, 6.45) is 6.77. The molecule has 6 rings (SSSR count). The van der Waals surface area contributed by atoms with Crippen molar-refractivity contribution in [2.45, 2.75) is 70.1 Å². The minimum absolute atomic E-state index is 0.0170. The smallest absolute Gasteiger partial charge is 0.310 e. The van der Waals surface area contributed by atoms with E-state index in [1.54, 1.807) is 14.2 Å². The highest BCUT2D eigenvalue weighted by Crippen LogP contribution is 2.63. The molecule has 0 aromatic heterocycles. The second-order valence-electron chi connectivity index (χ2n) is 11.4. The SMILES string of the molecule is COc1cc2c(cc1OC)[C@H](C)N(CC1C(=O)O[C@@H]3C[C@@]4(C)CCCC5(CO5)C4C[C@H]13)CC2. The van der Waals surface area contributed by atoms with Crippen LogP contribution in [0.4, 0.5) is 0 Å². The molecule has 1 aromatic carbocycles. The van der Waals surface area contributed by atoms with Crippen LogP contribution >= 0.6 is 0 Å². The number of ether oxygens (including phenoxy) is 4. The first kappa shape index (κ1) is 21.7. The van der Waals surface area contributed by atoms with Crippen LogP contribution in [0.5, 0.6) is 11.5 Å². The Morgan fingerprint density at radius 3 is 2.67 bits per heavy atom. The molecular weight excluding hydrogens is 418 g/mol. The van der Waals surface area contributed by atoms with Crippen molar-refractivity contribution in [3.05, 3.63) is 23.3 Å². The van der Waals surface area contributed by atoms with Crippen LogP contribution in [0.3, 0.4) is 0 Å². The van der Waals surface area contributed by atoms with Crippen molar-refractivity contribution in [1.82, 2.24) is 4.90 Å². The van der Waals surface area contributed by atoms with Crippen LogP contribution < -0.4 is 9.47 Å². The minimum atomic E-state index is -0.0404. The van der Waals surface area contributed by atoms with E-state index in [4.69, 9.17) is 18.9 Å². The third-order valence-corrected chi connectivity index (χ3v) is 9.82. The highest BCUT2D eigenvalue weighted by Gasteiger charge is 2.65. The average Bonchev–Trinajstić information content (AvgIpc) is 3.51. The molecule has 0 radical (unpaired) electrons. The van der Waals surface area contributed by atoms with Crippen molar-refractivity contribution in [3.8, 4) is 11.5 Å². The van der Waals surface area contributed by atoms with Crippen molar-refractivity contribution in [1.29, 1.82) is 0 Å². The molecule has 180 valence electrons. The Balaban J connectivity index is 1.22. The van der Waals surface area contributed by atoms with Gasteiger partial charge in [0.05, 0.1) is 32.3 Å². The lowest BCUT2D eigenvalue weighted by atomic mass is 9.53. The molecule has 0 N–H and O–H groups in total. The molecule has 2 saturated heterocycles. The molecule has 6 heteroatoms. The lowest BCUT2D eigenvalue weighted by Crippen LogP contribution is -2.51. The second-order valence-corrected chi connectivity index (χ2v) is 11.4. The number of nitrogens with zero attached hydrogens (tertiary/aromatic N) is 1. The largest absolute Gasteiger partial charge is 0.493 e. The Hall–Kier alpha value is -1.79. The standard InChI is InChI=1S/C27H37NO5/c1-16-18-11-22(31-4)21(30-3)10-17(18)6-9-28(16)14-20-19-12-24-26(2,13-23(19)33-25(20)29)7-5-8-27(24)15-32-27/h10-11,16,19-20,23-24H,5-9,12-15H2,1-4H3/t16-,19+,20?,23+,24?,26+,27?/m0/s1. The molecule has 2 saturated carbocycles. The van der Waals surface area contributed by atoms with Crippen molar-refractivity contribution in [3.63, 3.8) is 0 Å². The fourth-order valence-electron chi connectivity index (χ4n) is 7.86. The Morgan fingerprint density at radius 2 is 1.94 bits per heavy atom. The predicted molar refractivity (Wildman–Crippen MR) is 123 cm³/mol. The molecule has 33 heavy (non-hydrogen) atoms. The summed E-state index contributed by atoms with van der Waals surface area (Å²) < 4.78 is 23.2. The molecule has 0 bridgehead atoms. The molecule has 1 spiro atoms. The van der Waals surface area contributed by atoms with Crippen molar-refractivity contribution in [2.75, 3.05) is 33.9 Å². The normalized spacial score (nSPS) is 41.7. The topological polar surface area (TPSA) is 60.5 Å². The van der Waals surface area contributed by atoms with Gasteiger partial charge < -0.3 is 18.9 Å². The third kappa shape index (κ3) is 3.31. The predicted octanol–water partition coefficient (Wildman–Crippen LogP) is 4.15. The summed E-state index contributed by atoms with van der Waals surface area (Å²) in [4.78, 5) is 15.6. The quantitative estimate of drug-likeness (QED) is 0.502. The van der Waals surface area contributed by atoms with Gasteiger partial charge >= 0.3 is 5.97 Å². The lowest BCUT2D eigenvalue weighted by molar-refractivity contribution is -0.147. The maximum absolute atomic E-state index is 13.1. The van der Waals surface area contributed by atoms with Gasteiger partial charge in [-0.2, -0.15) is 0 Å². The second kappa shape index (κ2) is 7.61. The van der Waals surface area contributed by atoms with Crippen LogP contribution in [-0.4, -0.2) is 56.5 Å². The van der Waals surface area contributed by atoms with Crippen LogP contribution in [0.2, 0.25) is 0 Å². The Bertz CT molecular complexity index is 958. The summed E-state index contributed by atoms with van der Waals surface area (Å²) in [5.74, 6) is 2.41. The average molecular weight is 456 g/mol. The van der Waals surface area contributed by atoms with Gasteiger partial charge in [-0.1, -0.05) is 6.92 Å². The minimum Gasteiger partial charge on any atom is -0.493 e. The van der Waals surface area contributed by atoms with Gasteiger partial charge in [0.1, 0.15) is 6.10 Å². The number of esters is 1. The number of hydrogen-bond acceptors (Lipinski definition) is 6. The van der Waals surface area contributed by atoms with Gasteiger partial charge in [0, 0.05) is 25.0 Å². The fraction of sp³-hybridized carbons (Fsp3) is 0.741. The van der Waals surface area contributed by atoms with Crippen molar-refractivity contribution in [2.24, 2.45) is 23.2 Å². The Kier molecular flexibility index (Phi) is 5.01. The van der Waals surface area contributed by atoms with E-state index < -0.39 is 0 Å². The number of epoxide rings is 1. The highest BCUT2D eigenvalue weighted by molar-refractivity contribution is 5.75. The van der Waals surface area contributed by atoms with Gasteiger partial charge in [-0.15, -0.1) is 0 Å². The van der Waals surface area contributed by atoms with E-state index in [2.05, 4.69) is 30.9 Å². The molecule has 4 fully saturated rings. The van der Waals surface area contributed by atoms with Gasteiger partial charge in [0.2, 0.25) is 0 Å². The number of benzene rings is 1. The van der Waals surface area contributed by atoms with Gasteiger partial charge in [0.15, 0.2) is 11.5 Å². The lowest BCUT2D eigenvalue weighted by Gasteiger charge is -2.51. The fourth-order valence-corrected chi connectivity index (χ4v) is 7.86. The van der Waals surface area contributed by atoms with E-state index >= 15 is 0 Å². The molecule has 7 atom stereocenters. The molecule has 3 heterocycles.